The summed E-state index contributed by atoms with van der Waals surface area (Å²) in [5.74, 6) is -0.412. The lowest BCUT2D eigenvalue weighted by atomic mass is 9.45. The van der Waals surface area contributed by atoms with Gasteiger partial charge in [-0.1, -0.05) is 13.8 Å². The van der Waals surface area contributed by atoms with E-state index in [1.54, 1.807) is 36.8 Å². The molecule has 5 amide bonds. The van der Waals surface area contributed by atoms with Crippen molar-refractivity contribution in [2.24, 2.45) is 11.3 Å². The van der Waals surface area contributed by atoms with E-state index in [4.69, 9.17) is 4.74 Å². The first-order valence-corrected chi connectivity index (χ1v) is 21.1. The average Bonchev–Trinajstić information content (AvgIpc) is 3.52. The number of nitrogens with one attached hydrogen (secondary N) is 2. The molecule has 5 aliphatic heterocycles. The van der Waals surface area contributed by atoms with Crippen LogP contribution in [0.5, 0.6) is 5.75 Å². The molecule has 61 heavy (non-hydrogen) atoms. The number of anilines is 2. The molecule has 2 aromatic carbocycles. The summed E-state index contributed by atoms with van der Waals surface area (Å²) in [7, 11) is 0. The van der Waals surface area contributed by atoms with Gasteiger partial charge in [-0.2, -0.15) is 5.26 Å². The van der Waals surface area contributed by atoms with Gasteiger partial charge in [0.25, 0.3) is 17.7 Å². The number of nitrogens with zero attached hydrogens (tertiary/aromatic N) is 8. The van der Waals surface area contributed by atoms with Crippen LogP contribution in [0.4, 0.5) is 11.6 Å². The number of aromatic nitrogens is 3. The highest BCUT2D eigenvalue weighted by atomic mass is 16.5. The minimum Gasteiger partial charge on any atom is -0.488 e. The summed E-state index contributed by atoms with van der Waals surface area (Å²) in [6.07, 6.45) is 6.95. The lowest BCUT2D eigenvalue weighted by Gasteiger charge is -2.66. The topological polar surface area (TPSA) is 194 Å². The molecule has 0 bridgehead atoms. The van der Waals surface area contributed by atoms with Gasteiger partial charge in [0.2, 0.25) is 17.8 Å². The molecule has 16 nitrogen and oxygen atoms in total. The molecule has 6 aliphatic rings. The van der Waals surface area contributed by atoms with E-state index >= 15 is 0 Å². The molecule has 0 radical (unpaired) electrons. The quantitative estimate of drug-likeness (QED) is 0.259. The Kier molecular flexibility index (Phi) is 9.09. The molecule has 1 saturated carbocycles. The highest BCUT2D eigenvalue weighted by Crippen LogP contribution is 2.61. The maximum absolute atomic E-state index is 13.8. The van der Waals surface area contributed by atoms with Crippen LogP contribution in [0.2, 0.25) is 0 Å². The zero-order valence-electron chi connectivity index (χ0n) is 34.3. The Hall–Kier alpha value is -6.47. The summed E-state index contributed by atoms with van der Waals surface area (Å²) >= 11 is 0. The first-order chi connectivity index (χ1) is 29.4. The SMILES string of the molecule is CC1(C)C(NC(=O)c2cnc(N3CCC(CN4CCN(c5ccc6c(c5)C(=O)N(C5CCC(=O)NC5=O)C6=O)CC4)CC3)nc2)C2(C)c3ccnc4c(C#N)ccc(c34)O[C@@H]12. The van der Waals surface area contributed by atoms with Gasteiger partial charge >= 0.3 is 0 Å². The zero-order chi connectivity index (χ0) is 42.4. The third-order valence-corrected chi connectivity index (χ3v) is 14.1. The molecule has 3 saturated heterocycles. The highest BCUT2D eigenvalue weighted by Gasteiger charge is 2.69. The van der Waals surface area contributed by atoms with Gasteiger partial charge in [0.05, 0.1) is 39.2 Å². The smallest absolute Gasteiger partial charge is 0.262 e. The van der Waals surface area contributed by atoms with Crippen molar-refractivity contribution in [2.45, 2.75) is 70.1 Å². The number of piperazine rings is 1. The van der Waals surface area contributed by atoms with Gasteiger partial charge in [-0.25, -0.2) is 9.97 Å². The minimum atomic E-state index is -0.983. The summed E-state index contributed by atoms with van der Waals surface area (Å²) in [6, 6.07) is 11.9. The monoisotopic (exact) mass is 822 g/mol. The van der Waals surface area contributed by atoms with Crippen molar-refractivity contribution in [1.82, 2.24) is 35.4 Å². The van der Waals surface area contributed by atoms with Crippen LogP contribution in [0, 0.1) is 22.7 Å². The van der Waals surface area contributed by atoms with Crippen molar-refractivity contribution >= 4 is 52.1 Å². The molecule has 4 aromatic rings. The Bertz CT molecular complexity index is 2570. The van der Waals surface area contributed by atoms with Gasteiger partial charge in [0.1, 0.15) is 24.0 Å². The summed E-state index contributed by atoms with van der Waals surface area (Å²) in [5, 5.41) is 16.1. The third kappa shape index (κ3) is 6.11. The highest BCUT2D eigenvalue weighted by molar-refractivity contribution is 6.23. The standard InChI is InChI=1S/C45H46N10O6/c1-44(2)41(45(3)31-10-13-47-36-26(21-46)4-8-33(35(31)36)61-42(44)45)51-37(57)27-22-48-43(49-23-27)54-14-11-25(12-15-54)24-52-16-18-53(19-17-52)28-5-6-29-30(20-28)40(60)55(39(29)59)32-7-9-34(56)50-38(32)58/h4-6,8,10,13,20,22-23,25,32,41-42H,7,9,11-12,14-19,24H2,1-3H3,(H,51,57)(H,50,56,58)/t32?,41?,42-,45?/m0/s1. The summed E-state index contributed by atoms with van der Waals surface area (Å²) in [5.41, 5.74) is 3.01. The van der Waals surface area contributed by atoms with Gasteiger partial charge in [-0.3, -0.25) is 44.1 Å². The molecular formula is C45H46N10O6. The van der Waals surface area contributed by atoms with E-state index in [0.717, 1.165) is 80.2 Å². The number of piperidine rings is 2. The molecule has 2 aromatic heterocycles. The second kappa shape index (κ2) is 14.3. The maximum Gasteiger partial charge on any atom is 0.262 e. The predicted octanol–water partition coefficient (Wildman–Crippen LogP) is 3.19. The number of rotatable bonds is 7. The van der Waals surface area contributed by atoms with E-state index in [1.165, 1.54) is 0 Å². The van der Waals surface area contributed by atoms with Crippen molar-refractivity contribution in [3.8, 4) is 11.8 Å². The van der Waals surface area contributed by atoms with Crippen molar-refractivity contribution in [3.63, 3.8) is 0 Å². The Morgan fingerprint density at radius 1 is 0.902 bits per heavy atom. The zero-order valence-corrected chi connectivity index (χ0v) is 34.3. The minimum absolute atomic E-state index is 0.0844. The van der Waals surface area contributed by atoms with E-state index in [1.807, 2.05) is 18.2 Å². The molecule has 16 heteroatoms. The van der Waals surface area contributed by atoms with Gasteiger partial charge in [-0.05, 0) is 74.1 Å². The number of hydrogen-bond donors (Lipinski definition) is 2. The van der Waals surface area contributed by atoms with Crippen molar-refractivity contribution in [3.05, 3.63) is 82.8 Å². The van der Waals surface area contributed by atoms with Gasteiger partial charge in [0.15, 0.2) is 0 Å². The van der Waals surface area contributed by atoms with Crippen LogP contribution < -0.4 is 25.2 Å². The third-order valence-electron chi connectivity index (χ3n) is 14.1. The Morgan fingerprint density at radius 3 is 2.36 bits per heavy atom. The number of amides is 5. The van der Waals surface area contributed by atoms with Crippen LogP contribution in [0.3, 0.4) is 0 Å². The summed E-state index contributed by atoms with van der Waals surface area (Å²) in [4.78, 5) is 86.0. The Morgan fingerprint density at radius 2 is 1.64 bits per heavy atom. The van der Waals surface area contributed by atoms with E-state index in [0.29, 0.717) is 39.8 Å². The van der Waals surface area contributed by atoms with E-state index < -0.39 is 35.1 Å². The fourth-order valence-electron chi connectivity index (χ4n) is 11.0. The number of carbonyl (C=O) groups is 5. The number of ether oxygens (including phenoxy) is 1. The Balaban J connectivity index is 0.719. The fraction of sp³-hybridized carbons (Fsp3) is 0.444. The van der Waals surface area contributed by atoms with Crippen LogP contribution in [0.25, 0.3) is 10.9 Å². The van der Waals surface area contributed by atoms with E-state index in [-0.39, 0.29) is 41.9 Å². The van der Waals surface area contributed by atoms with Crippen molar-refractivity contribution in [2.75, 3.05) is 55.6 Å². The van der Waals surface area contributed by atoms with E-state index in [9.17, 15) is 29.2 Å². The number of benzene rings is 2. The van der Waals surface area contributed by atoms with Gasteiger partial charge in [-0.15, -0.1) is 0 Å². The molecule has 3 unspecified atom stereocenters. The number of hydrogen-bond acceptors (Lipinski definition) is 13. The molecule has 4 fully saturated rings. The molecule has 10 rings (SSSR count). The lowest BCUT2D eigenvalue weighted by Crippen LogP contribution is -2.78. The van der Waals surface area contributed by atoms with Crippen LogP contribution in [0.1, 0.15) is 88.7 Å². The molecule has 2 N–H and O–H groups in total. The largest absolute Gasteiger partial charge is 0.488 e. The number of carbonyl (C=O) groups excluding carboxylic acids is 5. The molecule has 7 heterocycles. The number of nitriles is 1. The maximum atomic E-state index is 13.8. The summed E-state index contributed by atoms with van der Waals surface area (Å²) < 4.78 is 6.56. The van der Waals surface area contributed by atoms with Crippen LogP contribution in [0.15, 0.2) is 55.0 Å². The first-order valence-electron chi connectivity index (χ1n) is 21.1. The number of fused-ring (bicyclic) bond motifs is 3. The second-order valence-corrected chi connectivity index (χ2v) is 18.0. The molecule has 1 aliphatic carbocycles. The van der Waals surface area contributed by atoms with Crippen LogP contribution in [-0.2, 0) is 15.0 Å². The number of pyridine rings is 1. The molecule has 0 spiro atoms. The van der Waals surface area contributed by atoms with Crippen LogP contribution in [-0.4, -0.2) is 118 Å². The van der Waals surface area contributed by atoms with E-state index in [2.05, 4.69) is 67.1 Å². The molecule has 4 atom stereocenters. The first kappa shape index (κ1) is 38.7. The Labute approximate surface area is 352 Å². The fourth-order valence-corrected chi connectivity index (χ4v) is 11.0. The number of imide groups is 2. The predicted molar refractivity (Wildman–Crippen MR) is 222 cm³/mol. The summed E-state index contributed by atoms with van der Waals surface area (Å²) in [6.45, 7) is 12.2. The average molecular weight is 823 g/mol. The van der Waals surface area contributed by atoms with Gasteiger partial charge in [0, 0.05) is 87.3 Å². The molecule has 312 valence electrons. The second-order valence-electron chi connectivity index (χ2n) is 18.0. The normalized spacial score (nSPS) is 25.9. The lowest BCUT2D eigenvalue weighted by molar-refractivity contribution is -0.136. The van der Waals surface area contributed by atoms with Crippen molar-refractivity contribution in [1.29, 1.82) is 5.26 Å². The van der Waals surface area contributed by atoms with Crippen molar-refractivity contribution < 1.29 is 28.7 Å². The van der Waals surface area contributed by atoms with Gasteiger partial charge < -0.3 is 19.9 Å². The van der Waals surface area contributed by atoms with Crippen LogP contribution >= 0.6 is 0 Å². The molecular weight excluding hydrogens is 777 g/mol.